The molecule has 0 unspecified atom stereocenters. The fourth-order valence-corrected chi connectivity index (χ4v) is 1.65. The van der Waals surface area contributed by atoms with Crippen molar-refractivity contribution >= 4 is 60.1 Å². The number of anilines is 4. The van der Waals surface area contributed by atoms with Crippen LogP contribution < -0.4 is 16.8 Å². The van der Waals surface area contributed by atoms with Crippen molar-refractivity contribution in [3.05, 3.63) is 41.6 Å². The molecule has 0 saturated heterocycles. The van der Waals surface area contributed by atoms with Crippen LogP contribution in [0.1, 0.15) is 11.1 Å². The molecule has 8 heteroatoms. The lowest BCUT2D eigenvalue weighted by Crippen LogP contribution is -2.02. The van der Waals surface area contributed by atoms with E-state index in [-0.39, 0.29) is 42.7 Å². The van der Waals surface area contributed by atoms with E-state index in [1.165, 1.54) is 0 Å². The van der Waals surface area contributed by atoms with Gasteiger partial charge in [0.15, 0.2) is 5.82 Å². The Labute approximate surface area is 143 Å². The monoisotopic (exact) mass is 354 g/mol. The molecule has 0 spiro atoms. The summed E-state index contributed by atoms with van der Waals surface area (Å²) < 4.78 is 0. The molecule has 21 heavy (non-hydrogen) atoms. The second kappa shape index (κ2) is 10.3. The van der Waals surface area contributed by atoms with E-state index in [0.717, 1.165) is 22.5 Å². The van der Waals surface area contributed by atoms with Crippen LogP contribution in [0.25, 0.3) is 0 Å². The van der Waals surface area contributed by atoms with Crippen LogP contribution >= 0.6 is 37.2 Å². The second-order valence-electron chi connectivity index (χ2n) is 4.03. The summed E-state index contributed by atoms with van der Waals surface area (Å²) in [5, 5.41) is 3.19. The van der Waals surface area contributed by atoms with Crippen LogP contribution in [-0.4, -0.2) is 10.5 Å². The number of aryl methyl sites for hydroxylation is 1. The van der Waals surface area contributed by atoms with Crippen molar-refractivity contribution < 1.29 is 5.48 Å². The SMILES string of the molecule is Cc1ccc(Nc2ncccc2N)c(C)c1N.Cl.Cl.Cl.O. The van der Waals surface area contributed by atoms with Gasteiger partial charge < -0.3 is 22.3 Å². The third-order valence-corrected chi connectivity index (χ3v) is 2.82. The maximum absolute atomic E-state index is 5.98. The highest BCUT2D eigenvalue weighted by Gasteiger charge is 2.06. The van der Waals surface area contributed by atoms with Crippen molar-refractivity contribution in [2.24, 2.45) is 0 Å². The van der Waals surface area contributed by atoms with Crippen molar-refractivity contribution in [1.82, 2.24) is 4.98 Å². The summed E-state index contributed by atoms with van der Waals surface area (Å²) in [5.74, 6) is 0.652. The molecule has 0 saturated carbocycles. The van der Waals surface area contributed by atoms with Crippen molar-refractivity contribution in [2.45, 2.75) is 13.8 Å². The van der Waals surface area contributed by atoms with Crippen molar-refractivity contribution in [2.75, 3.05) is 16.8 Å². The summed E-state index contributed by atoms with van der Waals surface area (Å²) in [6, 6.07) is 7.57. The highest BCUT2D eigenvalue weighted by Crippen LogP contribution is 2.28. The molecule has 2 aromatic rings. The number of pyridine rings is 1. The van der Waals surface area contributed by atoms with E-state index in [1.54, 1.807) is 12.3 Å². The highest BCUT2D eigenvalue weighted by atomic mass is 35.5. The van der Waals surface area contributed by atoms with Crippen LogP contribution in [0.3, 0.4) is 0 Å². The van der Waals surface area contributed by atoms with Crippen LogP contribution in [-0.2, 0) is 0 Å². The number of hydrogen-bond donors (Lipinski definition) is 3. The zero-order chi connectivity index (χ0) is 12.4. The minimum atomic E-state index is 0. The number of nitrogens with one attached hydrogen (secondary N) is 1. The molecule has 5 nitrogen and oxygen atoms in total. The van der Waals surface area contributed by atoms with Gasteiger partial charge in [0.1, 0.15) is 0 Å². The van der Waals surface area contributed by atoms with Gasteiger partial charge >= 0.3 is 0 Å². The molecular weight excluding hydrogens is 335 g/mol. The molecule has 1 aromatic heterocycles. The molecule has 0 aliphatic heterocycles. The van der Waals surface area contributed by atoms with Gasteiger partial charge in [0.05, 0.1) is 5.69 Å². The van der Waals surface area contributed by atoms with Crippen molar-refractivity contribution in [1.29, 1.82) is 0 Å². The van der Waals surface area contributed by atoms with E-state index in [2.05, 4.69) is 10.3 Å². The van der Waals surface area contributed by atoms with Crippen LogP contribution in [0.4, 0.5) is 22.9 Å². The van der Waals surface area contributed by atoms with Crippen LogP contribution in [0.2, 0.25) is 0 Å². The zero-order valence-electron chi connectivity index (χ0n) is 11.7. The van der Waals surface area contributed by atoms with Gasteiger partial charge in [-0.2, -0.15) is 0 Å². The number of halogens is 3. The first kappa shape index (κ1) is 24.6. The molecule has 7 N–H and O–H groups in total. The first-order valence-electron chi connectivity index (χ1n) is 5.43. The summed E-state index contributed by atoms with van der Waals surface area (Å²) in [6.07, 6.45) is 1.70. The molecular formula is C13H21Cl3N4O. The Hall–Kier alpha value is -1.40. The number of rotatable bonds is 2. The van der Waals surface area contributed by atoms with Crippen LogP contribution in [0, 0.1) is 13.8 Å². The maximum atomic E-state index is 5.98. The number of nitrogens with zero attached hydrogens (tertiary/aromatic N) is 1. The average Bonchev–Trinajstić information content (AvgIpc) is 2.32. The molecule has 0 fully saturated rings. The lowest BCUT2D eigenvalue weighted by atomic mass is 10.1. The van der Waals surface area contributed by atoms with Crippen molar-refractivity contribution in [3.8, 4) is 0 Å². The first-order chi connectivity index (χ1) is 8.09. The number of benzene rings is 1. The number of hydrogen-bond acceptors (Lipinski definition) is 4. The predicted octanol–water partition coefficient (Wildman–Crippen LogP) is 3.05. The number of aromatic nitrogens is 1. The maximum Gasteiger partial charge on any atom is 0.153 e. The number of nitrogens with two attached hydrogens (primary N) is 2. The van der Waals surface area contributed by atoms with Gasteiger partial charge in [-0.05, 0) is 43.2 Å². The molecule has 0 aliphatic rings. The van der Waals surface area contributed by atoms with E-state index in [4.69, 9.17) is 11.5 Å². The standard InChI is InChI=1S/C13H16N4.3ClH.H2O/c1-8-5-6-11(9(2)12(8)15)17-13-10(14)4-3-7-16-13;;;;/h3-7H,14-15H2,1-2H3,(H,16,17);3*1H;1H2. The van der Waals surface area contributed by atoms with Crippen molar-refractivity contribution in [3.63, 3.8) is 0 Å². The lowest BCUT2D eigenvalue weighted by molar-refractivity contribution is 0.824. The topological polar surface area (TPSA) is 108 Å². The normalized spacial score (nSPS) is 8.29. The zero-order valence-corrected chi connectivity index (χ0v) is 14.2. The third kappa shape index (κ3) is 5.47. The smallest absolute Gasteiger partial charge is 0.153 e. The van der Waals surface area contributed by atoms with Crippen LogP contribution in [0.15, 0.2) is 30.5 Å². The van der Waals surface area contributed by atoms with Gasteiger partial charge in [-0.15, -0.1) is 37.2 Å². The van der Waals surface area contributed by atoms with E-state index in [0.29, 0.717) is 11.5 Å². The molecule has 0 bridgehead atoms. The predicted molar refractivity (Wildman–Crippen MR) is 97.6 cm³/mol. The fraction of sp³-hybridized carbons (Fsp3) is 0.154. The summed E-state index contributed by atoms with van der Waals surface area (Å²) in [5.41, 5.74) is 16.2. The summed E-state index contributed by atoms with van der Waals surface area (Å²) in [7, 11) is 0. The molecule has 1 aromatic carbocycles. The largest absolute Gasteiger partial charge is 0.412 e. The molecule has 0 amide bonds. The van der Waals surface area contributed by atoms with Gasteiger partial charge in [0.2, 0.25) is 0 Å². The molecule has 0 aliphatic carbocycles. The quantitative estimate of drug-likeness (QED) is 0.719. The minimum absolute atomic E-state index is 0. The average molecular weight is 356 g/mol. The lowest BCUT2D eigenvalue weighted by Gasteiger charge is -2.13. The van der Waals surface area contributed by atoms with Crippen LogP contribution in [0.5, 0.6) is 0 Å². The molecule has 120 valence electrons. The second-order valence-corrected chi connectivity index (χ2v) is 4.03. The van der Waals surface area contributed by atoms with Gasteiger partial charge in [0.25, 0.3) is 0 Å². The van der Waals surface area contributed by atoms with E-state index < -0.39 is 0 Å². The van der Waals surface area contributed by atoms with Gasteiger partial charge in [-0.25, -0.2) is 4.98 Å². The Bertz CT molecular complexity index is 567. The minimum Gasteiger partial charge on any atom is -0.412 e. The van der Waals surface area contributed by atoms with E-state index >= 15 is 0 Å². The first-order valence-corrected chi connectivity index (χ1v) is 5.43. The Morgan fingerprint density at radius 3 is 2.19 bits per heavy atom. The molecule has 1 heterocycles. The third-order valence-electron chi connectivity index (χ3n) is 2.82. The van der Waals surface area contributed by atoms with Gasteiger partial charge in [-0.3, -0.25) is 0 Å². The summed E-state index contributed by atoms with van der Waals surface area (Å²) >= 11 is 0. The fourth-order valence-electron chi connectivity index (χ4n) is 1.65. The van der Waals surface area contributed by atoms with E-state index in [1.807, 2.05) is 32.0 Å². The Morgan fingerprint density at radius 1 is 1.00 bits per heavy atom. The summed E-state index contributed by atoms with van der Waals surface area (Å²) in [4.78, 5) is 4.19. The molecule has 0 atom stereocenters. The Balaban J connectivity index is -0.000000810. The Kier molecular flexibility index (Phi) is 12.1. The molecule has 0 radical (unpaired) electrons. The summed E-state index contributed by atoms with van der Waals surface area (Å²) in [6.45, 7) is 3.96. The van der Waals surface area contributed by atoms with Gasteiger partial charge in [-0.1, -0.05) is 6.07 Å². The molecule has 2 rings (SSSR count). The van der Waals surface area contributed by atoms with E-state index in [9.17, 15) is 0 Å². The number of nitrogen functional groups attached to an aromatic ring is 2. The Morgan fingerprint density at radius 2 is 1.62 bits per heavy atom. The highest BCUT2D eigenvalue weighted by molar-refractivity contribution is 5.86. The van der Waals surface area contributed by atoms with Gasteiger partial charge in [0, 0.05) is 17.6 Å².